The number of sulfonamides is 1. The van der Waals surface area contributed by atoms with Crippen LogP contribution in [0.15, 0.2) is 29.2 Å². The van der Waals surface area contributed by atoms with E-state index >= 15 is 0 Å². The van der Waals surface area contributed by atoms with Crippen molar-refractivity contribution >= 4 is 21.8 Å². The number of hydrogen-bond donors (Lipinski definition) is 1. The largest absolute Gasteiger partial charge is 0.454 e. The first-order valence-corrected chi connectivity index (χ1v) is 9.85. The van der Waals surface area contributed by atoms with Crippen molar-refractivity contribution in [1.29, 1.82) is 0 Å². The zero-order valence-corrected chi connectivity index (χ0v) is 15.7. The molecule has 27 heavy (non-hydrogen) atoms. The molecule has 0 spiro atoms. The van der Waals surface area contributed by atoms with E-state index in [2.05, 4.69) is 4.57 Å². The fraction of sp³-hybridized carbons (Fsp3) is 0.333. The van der Waals surface area contributed by atoms with E-state index in [0.717, 1.165) is 42.4 Å². The highest BCUT2D eigenvalue weighted by atomic mass is 32.2. The lowest BCUT2D eigenvalue weighted by Crippen LogP contribution is -2.17. The van der Waals surface area contributed by atoms with Gasteiger partial charge in [-0.05, 0) is 51.0 Å². The minimum absolute atomic E-state index is 0.407. The SMILES string of the molecule is Cc1cc(C(=O)COC(=O)c2cc(S(N)(=O)=O)ccc2F)c(C)n1C1CC1. The lowest BCUT2D eigenvalue weighted by molar-refractivity contribution is 0.0469. The van der Waals surface area contributed by atoms with Gasteiger partial charge in [-0.25, -0.2) is 22.7 Å². The lowest BCUT2D eigenvalue weighted by Gasteiger charge is -2.08. The van der Waals surface area contributed by atoms with Crippen LogP contribution in [0.4, 0.5) is 4.39 Å². The number of nitrogens with two attached hydrogens (primary N) is 1. The first kappa shape index (κ1) is 19.2. The summed E-state index contributed by atoms with van der Waals surface area (Å²) < 4.78 is 43.5. The Balaban J connectivity index is 1.75. The number of hydrogen-bond acceptors (Lipinski definition) is 5. The molecule has 1 fully saturated rings. The van der Waals surface area contributed by atoms with E-state index in [4.69, 9.17) is 9.88 Å². The predicted molar refractivity (Wildman–Crippen MR) is 94.6 cm³/mol. The van der Waals surface area contributed by atoms with Gasteiger partial charge in [0.25, 0.3) is 0 Å². The molecule has 2 aromatic rings. The van der Waals surface area contributed by atoms with Crippen molar-refractivity contribution in [3.63, 3.8) is 0 Å². The van der Waals surface area contributed by atoms with Crippen LogP contribution in [-0.4, -0.2) is 31.3 Å². The fourth-order valence-electron chi connectivity index (χ4n) is 3.08. The van der Waals surface area contributed by atoms with Crippen LogP contribution < -0.4 is 5.14 Å². The Bertz CT molecular complexity index is 1040. The zero-order valence-electron chi connectivity index (χ0n) is 14.9. The van der Waals surface area contributed by atoms with Gasteiger partial charge in [0.05, 0.1) is 10.5 Å². The third-order valence-electron chi connectivity index (χ3n) is 4.52. The van der Waals surface area contributed by atoms with Gasteiger partial charge in [-0.15, -0.1) is 0 Å². The molecular formula is C18H19FN2O5S. The number of ether oxygens (including phenoxy) is 1. The number of carbonyl (C=O) groups is 2. The Labute approximate surface area is 156 Å². The van der Waals surface area contributed by atoms with Gasteiger partial charge in [0.15, 0.2) is 6.61 Å². The van der Waals surface area contributed by atoms with Crippen molar-refractivity contribution in [2.45, 2.75) is 37.6 Å². The number of aromatic nitrogens is 1. The molecule has 144 valence electrons. The highest BCUT2D eigenvalue weighted by Gasteiger charge is 2.28. The molecule has 1 aromatic carbocycles. The van der Waals surface area contributed by atoms with Crippen LogP contribution in [0.2, 0.25) is 0 Å². The van der Waals surface area contributed by atoms with Crippen LogP contribution in [0.5, 0.6) is 0 Å². The Morgan fingerprint density at radius 3 is 2.48 bits per heavy atom. The lowest BCUT2D eigenvalue weighted by atomic mass is 10.1. The molecule has 1 heterocycles. The van der Waals surface area contributed by atoms with Crippen molar-refractivity contribution < 1.29 is 27.1 Å². The smallest absolute Gasteiger partial charge is 0.341 e. The van der Waals surface area contributed by atoms with E-state index in [1.165, 1.54) is 0 Å². The number of ketones is 1. The first-order chi connectivity index (χ1) is 12.6. The maximum Gasteiger partial charge on any atom is 0.341 e. The number of aryl methyl sites for hydroxylation is 1. The van der Waals surface area contributed by atoms with Gasteiger partial charge in [-0.2, -0.15) is 0 Å². The molecule has 0 aliphatic heterocycles. The number of primary sulfonamides is 1. The quantitative estimate of drug-likeness (QED) is 0.597. The maximum atomic E-state index is 13.8. The molecular weight excluding hydrogens is 375 g/mol. The Morgan fingerprint density at radius 2 is 1.89 bits per heavy atom. The minimum atomic E-state index is -4.10. The molecule has 1 aliphatic rings. The molecule has 2 N–H and O–H groups in total. The van der Waals surface area contributed by atoms with E-state index in [1.807, 2.05) is 13.8 Å². The second kappa shape index (κ2) is 6.90. The summed E-state index contributed by atoms with van der Waals surface area (Å²) in [6.45, 7) is 3.16. The van der Waals surface area contributed by atoms with Gasteiger partial charge >= 0.3 is 5.97 Å². The van der Waals surface area contributed by atoms with Crippen molar-refractivity contribution in [2.24, 2.45) is 5.14 Å². The summed E-state index contributed by atoms with van der Waals surface area (Å²) in [5.41, 5.74) is 1.61. The maximum absolute atomic E-state index is 13.8. The highest BCUT2D eigenvalue weighted by molar-refractivity contribution is 7.89. The fourth-order valence-corrected chi connectivity index (χ4v) is 3.62. The van der Waals surface area contributed by atoms with E-state index in [9.17, 15) is 22.4 Å². The molecule has 0 amide bonds. The Hall–Kier alpha value is -2.52. The standard InChI is InChI=1S/C18H19FN2O5S/c1-10-7-14(11(2)21(10)12-3-4-12)17(22)9-26-18(23)15-8-13(27(20,24)25)5-6-16(15)19/h5-8,12H,3-4,9H2,1-2H3,(H2,20,24,25). The number of rotatable bonds is 6. The summed E-state index contributed by atoms with van der Waals surface area (Å²) in [4.78, 5) is 24.1. The third-order valence-corrected chi connectivity index (χ3v) is 5.43. The van der Waals surface area contributed by atoms with E-state index in [0.29, 0.717) is 11.6 Å². The van der Waals surface area contributed by atoms with Crippen LogP contribution in [0.3, 0.4) is 0 Å². The van der Waals surface area contributed by atoms with Crippen molar-refractivity contribution in [3.8, 4) is 0 Å². The topological polar surface area (TPSA) is 108 Å². The molecule has 0 saturated heterocycles. The summed E-state index contributed by atoms with van der Waals surface area (Å²) in [5.74, 6) is -2.51. The third kappa shape index (κ3) is 3.93. The highest BCUT2D eigenvalue weighted by Crippen LogP contribution is 2.38. The Kier molecular flexibility index (Phi) is 4.92. The van der Waals surface area contributed by atoms with E-state index < -0.39 is 44.7 Å². The molecule has 0 bridgehead atoms. The second-order valence-corrected chi connectivity index (χ2v) is 8.13. The molecule has 0 radical (unpaired) electrons. The molecule has 0 atom stereocenters. The molecule has 1 aliphatic carbocycles. The summed E-state index contributed by atoms with van der Waals surface area (Å²) in [7, 11) is -4.10. The second-order valence-electron chi connectivity index (χ2n) is 6.57. The van der Waals surface area contributed by atoms with Gasteiger partial charge in [0.1, 0.15) is 5.82 Å². The molecule has 0 unspecified atom stereocenters. The summed E-state index contributed by atoms with van der Waals surface area (Å²) in [5, 5.41) is 4.98. The molecule has 3 rings (SSSR count). The summed E-state index contributed by atoms with van der Waals surface area (Å²) >= 11 is 0. The van der Waals surface area contributed by atoms with Crippen molar-refractivity contribution in [2.75, 3.05) is 6.61 Å². The molecule has 1 aromatic heterocycles. The van der Waals surface area contributed by atoms with Gasteiger partial charge < -0.3 is 9.30 Å². The number of Topliss-reactive ketones (excluding diaryl/α,β-unsaturated/α-hetero) is 1. The Morgan fingerprint density at radius 1 is 1.22 bits per heavy atom. The van der Waals surface area contributed by atoms with Crippen LogP contribution >= 0.6 is 0 Å². The summed E-state index contributed by atoms with van der Waals surface area (Å²) in [6.07, 6.45) is 2.14. The molecule has 9 heteroatoms. The van der Waals surface area contributed by atoms with Gasteiger partial charge in [0.2, 0.25) is 15.8 Å². The first-order valence-electron chi connectivity index (χ1n) is 8.30. The van der Waals surface area contributed by atoms with E-state index in [-0.39, 0.29) is 0 Å². The number of halogens is 1. The van der Waals surface area contributed by atoms with Crippen LogP contribution in [-0.2, 0) is 14.8 Å². The van der Waals surface area contributed by atoms with Crippen molar-refractivity contribution in [3.05, 3.63) is 52.6 Å². The van der Waals surface area contributed by atoms with Crippen LogP contribution in [0, 0.1) is 19.7 Å². The molecule has 1 saturated carbocycles. The summed E-state index contributed by atoms with van der Waals surface area (Å²) in [6, 6.07) is 4.69. The van der Waals surface area contributed by atoms with E-state index in [1.54, 1.807) is 6.07 Å². The van der Waals surface area contributed by atoms with Crippen LogP contribution in [0.1, 0.15) is 51.0 Å². The number of esters is 1. The predicted octanol–water partition coefficient (Wildman–Crippen LogP) is 2.27. The van der Waals surface area contributed by atoms with Crippen LogP contribution in [0.25, 0.3) is 0 Å². The van der Waals surface area contributed by atoms with Gasteiger partial charge in [0, 0.05) is 23.0 Å². The normalized spacial score (nSPS) is 14.2. The zero-order chi connectivity index (χ0) is 19.9. The number of carbonyl (C=O) groups excluding carboxylic acids is 2. The molecule has 7 nitrogen and oxygen atoms in total. The minimum Gasteiger partial charge on any atom is -0.454 e. The number of nitrogens with zero attached hydrogens (tertiary/aromatic N) is 1. The monoisotopic (exact) mass is 394 g/mol. The average molecular weight is 394 g/mol. The number of benzene rings is 1. The van der Waals surface area contributed by atoms with Crippen molar-refractivity contribution in [1.82, 2.24) is 4.57 Å². The van der Waals surface area contributed by atoms with Gasteiger partial charge in [-0.3, -0.25) is 4.79 Å². The average Bonchev–Trinajstić information content (AvgIpc) is 3.37. The van der Waals surface area contributed by atoms with Gasteiger partial charge in [-0.1, -0.05) is 0 Å².